The second kappa shape index (κ2) is 6.79. The van der Waals surface area contributed by atoms with Gasteiger partial charge < -0.3 is 23.4 Å². The summed E-state index contributed by atoms with van der Waals surface area (Å²) in [5.74, 6) is 1.79. The molecule has 0 aliphatic carbocycles. The number of benzene rings is 1. The Morgan fingerprint density at radius 1 is 1.19 bits per heavy atom. The summed E-state index contributed by atoms with van der Waals surface area (Å²) in [6.07, 6.45) is -0.349. The van der Waals surface area contributed by atoms with Crippen LogP contribution in [0.3, 0.4) is 0 Å². The maximum atomic E-state index is 12.0. The van der Waals surface area contributed by atoms with Gasteiger partial charge in [0.05, 0.1) is 5.76 Å². The van der Waals surface area contributed by atoms with E-state index in [1.54, 1.807) is 18.7 Å². The number of carbonyl (C=O) groups excluding carboxylic acids is 1. The molecule has 8 heteroatoms. The van der Waals surface area contributed by atoms with Gasteiger partial charge >= 0.3 is 6.09 Å². The molecule has 1 amide bonds. The second-order valence-corrected chi connectivity index (χ2v) is 6.47. The average Bonchev–Trinajstić information content (AvgIpc) is 3.27. The number of fused-ring (bicyclic) bond motifs is 1. The molecule has 3 heterocycles. The lowest BCUT2D eigenvalue weighted by Crippen LogP contribution is -2.48. The topological polar surface area (TPSA) is 84.8 Å². The molecule has 2 aromatic heterocycles. The predicted molar refractivity (Wildman–Crippen MR) is 99.3 cm³/mol. The quantitative estimate of drug-likeness (QED) is 0.653. The van der Waals surface area contributed by atoms with Crippen LogP contribution in [0, 0.1) is 6.92 Å². The first-order valence-corrected chi connectivity index (χ1v) is 8.71. The summed E-state index contributed by atoms with van der Waals surface area (Å²) in [7, 11) is 0. The highest BCUT2D eigenvalue weighted by Gasteiger charge is 2.24. The van der Waals surface area contributed by atoms with Gasteiger partial charge in [-0.25, -0.2) is 4.79 Å². The van der Waals surface area contributed by atoms with Gasteiger partial charge in [0.1, 0.15) is 5.58 Å². The number of aromatic nitrogens is 2. The Bertz CT molecular complexity index is 998. The lowest BCUT2D eigenvalue weighted by atomic mass is 10.1. The number of piperazine rings is 1. The molecule has 0 bridgehead atoms. The average molecular weight is 368 g/mol. The maximum absolute atomic E-state index is 12.0. The summed E-state index contributed by atoms with van der Waals surface area (Å²) in [6.45, 7) is 9.57. The van der Waals surface area contributed by atoms with Crippen LogP contribution in [0.5, 0.6) is 0 Å². The van der Waals surface area contributed by atoms with E-state index >= 15 is 0 Å². The normalized spacial score (nSPS) is 14.6. The van der Waals surface area contributed by atoms with Crippen LogP contribution in [0.4, 0.5) is 10.5 Å². The van der Waals surface area contributed by atoms with Crippen LogP contribution in [-0.2, 0) is 4.74 Å². The fraction of sp³-hybridized carbons (Fsp3) is 0.316. The molecule has 8 nitrogen and oxygen atoms in total. The molecule has 1 aromatic carbocycles. The molecule has 3 aromatic rings. The molecule has 1 aliphatic rings. The van der Waals surface area contributed by atoms with Gasteiger partial charge in [-0.15, -0.1) is 10.2 Å². The molecule has 4 rings (SSSR count). The van der Waals surface area contributed by atoms with E-state index in [4.69, 9.17) is 13.6 Å². The molecule has 0 unspecified atom stereocenters. The second-order valence-electron chi connectivity index (χ2n) is 6.47. The number of nitrogens with zero attached hydrogens (tertiary/aromatic N) is 4. The number of anilines is 1. The molecule has 140 valence electrons. The highest BCUT2D eigenvalue weighted by molar-refractivity contribution is 5.93. The Morgan fingerprint density at radius 3 is 2.63 bits per heavy atom. The van der Waals surface area contributed by atoms with Crippen molar-refractivity contribution >= 4 is 22.7 Å². The number of furan rings is 1. The standard InChI is InChI=1S/C19H20N4O4/c1-12(2)25-19(24)23-9-7-22(8-10-23)15-5-4-6-16-14(15)11-17(27-16)18-21-20-13(3)26-18/h4-6,11H,1,7-10H2,2-3H3. The summed E-state index contributed by atoms with van der Waals surface area (Å²) in [6, 6.07) is 7.82. The molecule has 1 fully saturated rings. The van der Waals surface area contributed by atoms with Crippen molar-refractivity contribution in [1.29, 1.82) is 0 Å². The Balaban J connectivity index is 1.55. The zero-order valence-electron chi connectivity index (χ0n) is 15.3. The van der Waals surface area contributed by atoms with Gasteiger partial charge in [-0.2, -0.15) is 0 Å². The summed E-state index contributed by atoms with van der Waals surface area (Å²) < 4.78 is 16.4. The Kier molecular flexibility index (Phi) is 4.31. The number of ether oxygens (including phenoxy) is 1. The number of allylic oxidation sites excluding steroid dienone is 1. The van der Waals surface area contributed by atoms with Crippen LogP contribution in [0.2, 0.25) is 0 Å². The molecule has 0 N–H and O–H groups in total. The zero-order chi connectivity index (χ0) is 19.0. The van der Waals surface area contributed by atoms with Gasteiger partial charge in [-0.1, -0.05) is 12.6 Å². The van der Waals surface area contributed by atoms with Crippen LogP contribution in [0.15, 0.2) is 45.4 Å². The van der Waals surface area contributed by atoms with Gasteiger partial charge in [0, 0.05) is 44.2 Å². The minimum absolute atomic E-state index is 0.349. The van der Waals surface area contributed by atoms with Crippen molar-refractivity contribution in [1.82, 2.24) is 15.1 Å². The summed E-state index contributed by atoms with van der Waals surface area (Å²) in [5, 5.41) is 8.84. The van der Waals surface area contributed by atoms with Gasteiger partial charge in [0.25, 0.3) is 5.89 Å². The number of hydrogen-bond donors (Lipinski definition) is 0. The predicted octanol–water partition coefficient (Wildman–Crippen LogP) is 3.58. The Morgan fingerprint density at radius 2 is 1.96 bits per heavy atom. The van der Waals surface area contributed by atoms with E-state index in [0.29, 0.717) is 49.5 Å². The van der Waals surface area contributed by atoms with E-state index in [2.05, 4.69) is 21.7 Å². The molecule has 0 atom stereocenters. The molecule has 1 aliphatic heterocycles. The number of aryl methyl sites for hydroxylation is 1. The van der Waals surface area contributed by atoms with E-state index in [-0.39, 0.29) is 6.09 Å². The molecule has 27 heavy (non-hydrogen) atoms. The maximum Gasteiger partial charge on any atom is 0.414 e. The monoisotopic (exact) mass is 368 g/mol. The highest BCUT2D eigenvalue weighted by atomic mass is 16.6. The zero-order valence-corrected chi connectivity index (χ0v) is 15.3. The minimum Gasteiger partial charge on any atom is -0.451 e. The minimum atomic E-state index is -0.349. The van der Waals surface area contributed by atoms with E-state index in [1.807, 2.05) is 24.3 Å². The molecule has 0 spiro atoms. The van der Waals surface area contributed by atoms with Gasteiger partial charge in [0.15, 0.2) is 5.76 Å². The number of rotatable bonds is 3. The van der Waals surface area contributed by atoms with Crippen molar-refractivity contribution in [3.05, 3.63) is 42.5 Å². The van der Waals surface area contributed by atoms with Crippen molar-refractivity contribution < 1.29 is 18.4 Å². The van der Waals surface area contributed by atoms with Gasteiger partial charge in [0.2, 0.25) is 5.89 Å². The van der Waals surface area contributed by atoms with Crippen LogP contribution in [0.1, 0.15) is 12.8 Å². The van der Waals surface area contributed by atoms with Crippen molar-refractivity contribution in [3.8, 4) is 11.7 Å². The SMILES string of the molecule is C=C(C)OC(=O)N1CCN(c2cccc3oc(-c4nnc(C)o4)cc23)CC1. The summed E-state index contributed by atoms with van der Waals surface area (Å²) >= 11 is 0. The first-order chi connectivity index (χ1) is 13.0. The molecule has 1 saturated heterocycles. The molecule has 0 radical (unpaired) electrons. The number of carbonyl (C=O) groups is 1. The van der Waals surface area contributed by atoms with Crippen molar-refractivity contribution in [2.45, 2.75) is 13.8 Å². The summed E-state index contributed by atoms with van der Waals surface area (Å²) in [4.78, 5) is 15.9. The molecule has 0 saturated carbocycles. The van der Waals surface area contributed by atoms with Crippen molar-refractivity contribution in [2.24, 2.45) is 0 Å². The Hall–Kier alpha value is -3.29. The third-order valence-electron chi connectivity index (χ3n) is 4.42. The summed E-state index contributed by atoms with van der Waals surface area (Å²) in [5.41, 5.74) is 1.80. The molecular weight excluding hydrogens is 348 g/mol. The van der Waals surface area contributed by atoms with Crippen LogP contribution < -0.4 is 4.90 Å². The molecular formula is C19H20N4O4. The van der Waals surface area contributed by atoms with E-state index < -0.39 is 0 Å². The smallest absolute Gasteiger partial charge is 0.414 e. The van der Waals surface area contributed by atoms with Crippen molar-refractivity contribution in [3.63, 3.8) is 0 Å². The lowest BCUT2D eigenvalue weighted by molar-refractivity contribution is 0.126. The number of amides is 1. The third kappa shape index (κ3) is 3.38. The highest BCUT2D eigenvalue weighted by Crippen LogP contribution is 2.34. The fourth-order valence-electron chi connectivity index (χ4n) is 3.17. The van der Waals surface area contributed by atoms with E-state index in [1.165, 1.54) is 0 Å². The van der Waals surface area contributed by atoms with E-state index in [0.717, 1.165) is 16.7 Å². The van der Waals surface area contributed by atoms with Gasteiger partial charge in [-0.05, 0) is 25.1 Å². The van der Waals surface area contributed by atoms with Crippen LogP contribution >= 0.6 is 0 Å². The Labute approximate surface area is 156 Å². The van der Waals surface area contributed by atoms with Gasteiger partial charge in [-0.3, -0.25) is 0 Å². The first-order valence-electron chi connectivity index (χ1n) is 8.71. The number of hydrogen-bond acceptors (Lipinski definition) is 7. The first kappa shape index (κ1) is 17.1. The third-order valence-corrected chi connectivity index (χ3v) is 4.42. The van der Waals surface area contributed by atoms with Crippen LogP contribution in [-0.4, -0.2) is 47.4 Å². The largest absolute Gasteiger partial charge is 0.451 e. The van der Waals surface area contributed by atoms with Crippen molar-refractivity contribution in [2.75, 3.05) is 31.1 Å². The lowest BCUT2D eigenvalue weighted by Gasteiger charge is -2.35. The van der Waals surface area contributed by atoms with Crippen LogP contribution in [0.25, 0.3) is 22.6 Å². The van der Waals surface area contributed by atoms with E-state index in [9.17, 15) is 4.79 Å². The fourth-order valence-corrected chi connectivity index (χ4v) is 3.17.